The van der Waals surface area contributed by atoms with Gasteiger partial charge in [0.25, 0.3) is 0 Å². The zero-order chi connectivity index (χ0) is 21.9. The van der Waals surface area contributed by atoms with Gasteiger partial charge in [0.2, 0.25) is 0 Å². The van der Waals surface area contributed by atoms with Crippen molar-refractivity contribution < 1.29 is 9.84 Å². The molecule has 0 amide bonds. The molecule has 0 aliphatic heterocycles. The van der Waals surface area contributed by atoms with E-state index < -0.39 is 0 Å². The molecule has 3 aromatic heterocycles. The highest BCUT2D eigenvalue weighted by atomic mass is 32.1. The van der Waals surface area contributed by atoms with Crippen LogP contribution in [0.3, 0.4) is 0 Å². The molecule has 3 heterocycles. The van der Waals surface area contributed by atoms with Crippen molar-refractivity contribution in [3.8, 4) is 16.9 Å². The number of nitrogens with one attached hydrogen (secondary N) is 2. The number of hydrogen-bond donors (Lipinski definition) is 3. The Morgan fingerprint density at radius 1 is 0.969 bits per heavy atom. The molecule has 5 rings (SSSR count). The third-order valence-electron chi connectivity index (χ3n) is 5.70. The summed E-state index contributed by atoms with van der Waals surface area (Å²) >= 11 is 1.59. The second-order valence-corrected chi connectivity index (χ2v) is 9.03. The maximum Gasteiger partial charge on any atom is 0.189 e. The van der Waals surface area contributed by atoms with Crippen LogP contribution in [0.2, 0.25) is 0 Å². The maximum absolute atomic E-state index is 9.70. The topological polar surface area (TPSA) is 92.2 Å². The van der Waals surface area contributed by atoms with E-state index in [0.29, 0.717) is 6.04 Å². The van der Waals surface area contributed by atoms with Crippen molar-refractivity contribution in [2.75, 3.05) is 17.7 Å². The van der Waals surface area contributed by atoms with Crippen LogP contribution in [-0.2, 0) is 0 Å². The van der Waals surface area contributed by atoms with Gasteiger partial charge in [-0.05, 0) is 61.6 Å². The second kappa shape index (κ2) is 9.10. The molecule has 0 atom stereocenters. The third-order valence-corrected chi connectivity index (χ3v) is 6.64. The molecule has 0 saturated heterocycles. The van der Waals surface area contributed by atoms with Gasteiger partial charge in [-0.15, -0.1) is 0 Å². The van der Waals surface area contributed by atoms with Gasteiger partial charge in [0.05, 0.1) is 29.6 Å². The minimum absolute atomic E-state index is 0.159. The summed E-state index contributed by atoms with van der Waals surface area (Å²) in [5.41, 5.74) is 3.01. The molecule has 32 heavy (non-hydrogen) atoms. The van der Waals surface area contributed by atoms with Gasteiger partial charge in [-0.25, -0.2) is 9.97 Å². The lowest BCUT2D eigenvalue weighted by Gasteiger charge is -2.26. The number of aliphatic hydroxyl groups excluding tert-OH is 1. The van der Waals surface area contributed by atoms with E-state index in [-0.39, 0.29) is 6.10 Å². The fourth-order valence-electron chi connectivity index (χ4n) is 3.97. The fraction of sp³-hybridized carbons (Fsp3) is 0.292. The van der Waals surface area contributed by atoms with Crippen molar-refractivity contribution in [3.63, 3.8) is 0 Å². The first-order valence-electron chi connectivity index (χ1n) is 10.7. The highest BCUT2D eigenvalue weighted by Crippen LogP contribution is 2.32. The van der Waals surface area contributed by atoms with Gasteiger partial charge in [-0.1, -0.05) is 23.5 Å². The Balaban J connectivity index is 1.32. The summed E-state index contributed by atoms with van der Waals surface area (Å²) in [5.74, 6) is 2.32. The average molecular weight is 448 g/mol. The number of aliphatic hydroxyl groups is 1. The number of nitrogens with zero attached hydrogens (tertiary/aromatic N) is 3. The van der Waals surface area contributed by atoms with E-state index in [0.717, 1.165) is 69.5 Å². The Labute approximate surface area is 190 Å². The van der Waals surface area contributed by atoms with Crippen LogP contribution in [0, 0.1) is 0 Å². The predicted octanol–water partition coefficient (Wildman–Crippen LogP) is 5.22. The number of methoxy groups -OCH3 is 1. The SMILES string of the molecule is COc1cncc(-c2ccc3nc(Nc4cccc(N[C@H]5CC[C@H](O)CC5)n4)sc3c2)c1. The van der Waals surface area contributed by atoms with Gasteiger partial charge in [-0.3, -0.25) is 4.98 Å². The molecule has 1 aliphatic rings. The monoisotopic (exact) mass is 447 g/mol. The molecule has 164 valence electrons. The first kappa shape index (κ1) is 20.7. The molecule has 0 radical (unpaired) electrons. The first-order chi connectivity index (χ1) is 15.7. The molecule has 4 aromatic rings. The smallest absolute Gasteiger partial charge is 0.189 e. The van der Waals surface area contributed by atoms with Gasteiger partial charge in [0.1, 0.15) is 17.4 Å². The van der Waals surface area contributed by atoms with Gasteiger partial charge >= 0.3 is 0 Å². The van der Waals surface area contributed by atoms with Crippen molar-refractivity contribution in [2.24, 2.45) is 0 Å². The molecule has 0 bridgehead atoms. The van der Waals surface area contributed by atoms with Gasteiger partial charge in [-0.2, -0.15) is 0 Å². The number of aromatic nitrogens is 3. The van der Waals surface area contributed by atoms with Crippen LogP contribution >= 0.6 is 11.3 Å². The summed E-state index contributed by atoms with van der Waals surface area (Å²) in [7, 11) is 1.64. The van der Waals surface area contributed by atoms with Crippen LogP contribution in [0.1, 0.15) is 25.7 Å². The standard InChI is InChI=1S/C24H25N5O2S/c1-31-19-11-16(13-25-14-19)15-5-10-20-21(12-15)32-24(27-20)29-23-4-2-3-22(28-23)26-17-6-8-18(30)9-7-17/h2-5,10-14,17-18,30H,6-9H2,1H3,(H2,26,27,28,29)/t17-,18-. The van der Waals surface area contributed by atoms with E-state index in [1.54, 1.807) is 24.6 Å². The summed E-state index contributed by atoms with van der Waals surface area (Å²) < 4.78 is 6.38. The minimum atomic E-state index is -0.159. The van der Waals surface area contributed by atoms with Crippen LogP contribution in [0.4, 0.5) is 16.8 Å². The third kappa shape index (κ3) is 4.66. The molecular weight excluding hydrogens is 422 g/mol. The zero-order valence-electron chi connectivity index (χ0n) is 17.8. The van der Waals surface area contributed by atoms with Crippen LogP contribution in [0.5, 0.6) is 5.75 Å². The summed E-state index contributed by atoms with van der Waals surface area (Å²) in [5, 5.41) is 17.3. The molecule has 1 saturated carbocycles. The number of ether oxygens (including phenoxy) is 1. The molecule has 1 aliphatic carbocycles. The Kier molecular flexibility index (Phi) is 5.87. The van der Waals surface area contributed by atoms with Crippen molar-refractivity contribution in [2.45, 2.75) is 37.8 Å². The second-order valence-electron chi connectivity index (χ2n) is 8.00. The van der Waals surface area contributed by atoms with E-state index in [2.05, 4.69) is 21.7 Å². The predicted molar refractivity (Wildman–Crippen MR) is 129 cm³/mol. The number of anilines is 3. The molecule has 0 unspecified atom stereocenters. The molecule has 8 heteroatoms. The first-order valence-corrected chi connectivity index (χ1v) is 11.6. The summed E-state index contributed by atoms with van der Waals surface area (Å²) in [6, 6.07) is 14.4. The van der Waals surface area contributed by atoms with Crippen molar-refractivity contribution in [1.29, 1.82) is 0 Å². The van der Waals surface area contributed by atoms with E-state index in [4.69, 9.17) is 14.7 Å². The van der Waals surface area contributed by atoms with Crippen molar-refractivity contribution in [1.82, 2.24) is 15.0 Å². The quantitative estimate of drug-likeness (QED) is 0.373. The average Bonchev–Trinajstić information content (AvgIpc) is 3.22. The molecule has 0 spiro atoms. The van der Waals surface area contributed by atoms with Crippen molar-refractivity contribution >= 4 is 38.3 Å². The molecule has 1 fully saturated rings. The Bertz CT molecular complexity index is 1220. The summed E-state index contributed by atoms with van der Waals surface area (Å²) in [6.45, 7) is 0. The number of thiazole rings is 1. The van der Waals surface area contributed by atoms with Gasteiger partial charge in [0, 0.05) is 17.8 Å². The lowest BCUT2D eigenvalue weighted by molar-refractivity contribution is 0.126. The maximum atomic E-state index is 9.70. The van der Waals surface area contributed by atoms with Crippen LogP contribution < -0.4 is 15.4 Å². The van der Waals surface area contributed by atoms with E-state index in [1.165, 1.54) is 0 Å². The number of benzene rings is 1. The summed E-state index contributed by atoms with van der Waals surface area (Å²) in [6.07, 6.45) is 6.98. The minimum Gasteiger partial charge on any atom is -0.495 e. The Morgan fingerprint density at radius 2 is 1.81 bits per heavy atom. The number of fused-ring (bicyclic) bond motifs is 1. The molecule has 1 aromatic carbocycles. The van der Waals surface area contributed by atoms with Gasteiger partial charge < -0.3 is 20.5 Å². The molecule has 7 nitrogen and oxygen atoms in total. The number of rotatable bonds is 6. The normalized spacial score (nSPS) is 18.4. The van der Waals surface area contributed by atoms with Gasteiger partial charge in [0.15, 0.2) is 5.13 Å². The van der Waals surface area contributed by atoms with E-state index in [9.17, 15) is 5.11 Å². The van der Waals surface area contributed by atoms with Crippen LogP contribution in [-0.4, -0.2) is 39.3 Å². The van der Waals surface area contributed by atoms with Crippen molar-refractivity contribution in [3.05, 3.63) is 54.9 Å². The number of pyridine rings is 2. The highest BCUT2D eigenvalue weighted by molar-refractivity contribution is 7.22. The largest absolute Gasteiger partial charge is 0.495 e. The van der Waals surface area contributed by atoms with E-state index >= 15 is 0 Å². The zero-order valence-corrected chi connectivity index (χ0v) is 18.6. The highest BCUT2D eigenvalue weighted by Gasteiger charge is 2.19. The van der Waals surface area contributed by atoms with E-state index in [1.807, 2.05) is 42.6 Å². The number of hydrogen-bond acceptors (Lipinski definition) is 8. The Morgan fingerprint density at radius 3 is 2.66 bits per heavy atom. The Hall–Kier alpha value is -3.23. The molecular formula is C24H25N5O2S. The molecule has 3 N–H and O–H groups in total. The lowest BCUT2D eigenvalue weighted by atomic mass is 9.93. The lowest BCUT2D eigenvalue weighted by Crippen LogP contribution is -2.28. The fourth-order valence-corrected chi connectivity index (χ4v) is 4.88. The van der Waals surface area contributed by atoms with Crippen LogP contribution in [0.15, 0.2) is 54.9 Å². The van der Waals surface area contributed by atoms with Crippen LogP contribution in [0.25, 0.3) is 21.3 Å². The summed E-state index contributed by atoms with van der Waals surface area (Å²) in [4.78, 5) is 13.7.